The van der Waals surface area contributed by atoms with E-state index in [2.05, 4.69) is 60.0 Å². The minimum atomic E-state index is -0.199. The number of benzene rings is 3. The van der Waals surface area contributed by atoms with Crippen molar-refractivity contribution in [3.63, 3.8) is 0 Å². The second-order valence-corrected chi connectivity index (χ2v) is 9.11. The number of carbonyl (C=O) groups excluding carboxylic acids is 1. The number of rotatable bonds is 6. The first-order valence-electron chi connectivity index (χ1n) is 12.4. The number of hydrogen-bond donors (Lipinski definition) is 2. The van der Waals surface area contributed by atoms with Crippen molar-refractivity contribution in [2.24, 2.45) is 0 Å². The summed E-state index contributed by atoms with van der Waals surface area (Å²) in [7, 11) is 1.65. The third-order valence-corrected chi connectivity index (χ3v) is 6.99. The van der Waals surface area contributed by atoms with Gasteiger partial charge < -0.3 is 20.1 Å². The van der Waals surface area contributed by atoms with Gasteiger partial charge in [0.1, 0.15) is 0 Å². The molecule has 180 valence electrons. The van der Waals surface area contributed by atoms with E-state index in [4.69, 9.17) is 9.47 Å². The third-order valence-electron chi connectivity index (χ3n) is 6.99. The van der Waals surface area contributed by atoms with Crippen molar-refractivity contribution in [2.75, 3.05) is 24.4 Å². The van der Waals surface area contributed by atoms with Crippen LogP contribution in [0.25, 0.3) is 0 Å². The summed E-state index contributed by atoms with van der Waals surface area (Å²) in [5.74, 6) is 1.65. The molecule has 2 atom stereocenters. The number of anilines is 2. The molecule has 0 radical (unpaired) electrons. The van der Waals surface area contributed by atoms with Gasteiger partial charge in [-0.3, -0.25) is 4.79 Å². The number of methoxy groups -OCH3 is 1. The summed E-state index contributed by atoms with van der Waals surface area (Å²) in [6, 6.07) is 22.6. The molecule has 35 heavy (non-hydrogen) atoms. The molecule has 5 nitrogen and oxygen atoms in total. The van der Waals surface area contributed by atoms with Crippen LogP contribution < -0.4 is 20.1 Å². The highest BCUT2D eigenvalue weighted by Gasteiger charge is 2.36. The van der Waals surface area contributed by atoms with Gasteiger partial charge in [0.25, 0.3) is 0 Å². The van der Waals surface area contributed by atoms with Gasteiger partial charge in [-0.25, -0.2) is 0 Å². The Labute approximate surface area is 207 Å². The van der Waals surface area contributed by atoms with Gasteiger partial charge in [-0.05, 0) is 66.6 Å². The number of para-hydroxylation sites is 2. The monoisotopic (exact) mass is 468 g/mol. The molecule has 3 aromatic rings. The predicted octanol–water partition coefficient (Wildman–Crippen LogP) is 6.64. The Kier molecular flexibility index (Phi) is 6.49. The molecular weight excluding hydrogens is 436 g/mol. The Morgan fingerprint density at radius 2 is 1.63 bits per heavy atom. The fourth-order valence-electron chi connectivity index (χ4n) is 5.14. The van der Waals surface area contributed by atoms with E-state index >= 15 is 0 Å². The number of aryl methyl sites for hydroxylation is 1. The quantitative estimate of drug-likeness (QED) is 0.425. The molecule has 0 saturated carbocycles. The zero-order chi connectivity index (χ0) is 24.4. The Hall–Kier alpha value is -3.73. The molecule has 0 amide bonds. The summed E-state index contributed by atoms with van der Waals surface area (Å²) >= 11 is 0. The minimum Gasteiger partial charge on any atom is -0.493 e. The first-order chi connectivity index (χ1) is 17.1. The van der Waals surface area contributed by atoms with Crippen LogP contribution in [0.5, 0.6) is 11.5 Å². The summed E-state index contributed by atoms with van der Waals surface area (Å²) in [5, 5.41) is 7.27. The zero-order valence-corrected chi connectivity index (χ0v) is 20.6. The minimum absolute atomic E-state index is 0.0618. The maximum Gasteiger partial charge on any atom is 0.163 e. The maximum absolute atomic E-state index is 13.8. The second kappa shape index (κ2) is 9.87. The average molecular weight is 469 g/mol. The molecule has 0 fully saturated rings. The Bertz CT molecular complexity index is 1260. The van der Waals surface area contributed by atoms with E-state index in [1.807, 2.05) is 31.2 Å². The molecule has 5 rings (SSSR count). The van der Waals surface area contributed by atoms with Crippen molar-refractivity contribution >= 4 is 17.2 Å². The van der Waals surface area contributed by atoms with Crippen LogP contribution in [0, 0.1) is 0 Å². The predicted molar refractivity (Wildman–Crippen MR) is 140 cm³/mol. The number of ether oxygens (including phenoxy) is 2. The molecule has 5 heteroatoms. The van der Waals surface area contributed by atoms with E-state index in [-0.39, 0.29) is 17.7 Å². The summed E-state index contributed by atoms with van der Waals surface area (Å²) in [6.07, 6.45) is 2.19. The van der Waals surface area contributed by atoms with Crippen molar-refractivity contribution in [3.8, 4) is 11.5 Å². The van der Waals surface area contributed by atoms with E-state index in [9.17, 15) is 4.79 Å². The molecule has 3 aromatic carbocycles. The van der Waals surface area contributed by atoms with Gasteiger partial charge in [-0.15, -0.1) is 0 Å². The fraction of sp³-hybridized carbons (Fsp3) is 0.300. The molecule has 0 spiro atoms. The van der Waals surface area contributed by atoms with Gasteiger partial charge in [0.15, 0.2) is 17.3 Å². The van der Waals surface area contributed by atoms with Crippen LogP contribution in [0.15, 0.2) is 78.0 Å². The zero-order valence-electron chi connectivity index (χ0n) is 20.6. The molecule has 1 aliphatic heterocycles. The van der Waals surface area contributed by atoms with Crippen LogP contribution in [0.4, 0.5) is 11.4 Å². The molecule has 0 aromatic heterocycles. The van der Waals surface area contributed by atoms with E-state index in [1.54, 1.807) is 7.11 Å². The van der Waals surface area contributed by atoms with Crippen LogP contribution >= 0.6 is 0 Å². The first-order valence-corrected chi connectivity index (χ1v) is 12.4. The average Bonchev–Trinajstić information content (AvgIpc) is 3.06. The number of nitrogens with one attached hydrogen (secondary N) is 2. The number of ketones is 1. The summed E-state index contributed by atoms with van der Waals surface area (Å²) in [4.78, 5) is 13.8. The standard InChI is InChI=1S/C30H32N2O3/c1-4-19-10-12-20(13-11-19)30-29-25(31-23-8-6-7-9-24(23)32-30)16-22(17-26(29)33)21-14-15-27(35-5-2)28(18-21)34-3/h6-15,18,22,30-32H,4-5,16-17H2,1-3H3/t22-,30-/m1/s1. The second-order valence-electron chi connectivity index (χ2n) is 9.11. The number of fused-ring (bicyclic) bond motifs is 1. The number of allylic oxidation sites excluding steroid dienone is 1. The van der Waals surface area contributed by atoms with Gasteiger partial charge >= 0.3 is 0 Å². The van der Waals surface area contributed by atoms with Crippen LogP contribution in [0.1, 0.15) is 55.3 Å². The number of carbonyl (C=O) groups is 1. The van der Waals surface area contributed by atoms with Crippen LogP contribution in [0.3, 0.4) is 0 Å². The van der Waals surface area contributed by atoms with Crippen molar-refractivity contribution in [3.05, 3.63) is 94.7 Å². The van der Waals surface area contributed by atoms with Crippen molar-refractivity contribution < 1.29 is 14.3 Å². The smallest absolute Gasteiger partial charge is 0.163 e. The first kappa shape index (κ1) is 23.0. The molecule has 1 aliphatic carbocycles. The highest BCUT2D eigenvalue weighted by atomic mass is 16.5. The van der Waals surface area contributed by atoms with Crippen molar-refractivity contribution in [1.29, 1.82) is 0 Å². The lowest BCUT2D eigenvalue weighted by Crippen LogP contribution is -2.26. The Morgan fingerprint density at radius 1 is 0.886 bits per heavy atom. The van der Waals surface area contributed by atoms with Gasteiger partial charge in [-0.2, -0.15) is 0 Å². The summed E-state index contributed by atoms with van der Waals surface area (Å²) < 4.78 is 11.3. The van der Waals surface area contributed by atoms with Crippen molar-refractivity contribution in [2.45, 2.75) is 45.1 Å². The Balaban J connectivity index is 1.55. The molecule has 2 aliphatic rings. The molecule has 0 bridgehead atoms. The normalized spacial score (nSPS) is 19.1. The van der Waals surface area contributed by atoms with Gasteiger partial charge in [0, 0.05) is 17.7 Å². The highest BCUT2D eigenvalue weighted by molar-refractivity contribution is 6.01. The lowest BCUT2D eigenvalue weighted by Gasteiger charge is -2.30. The van der Waals surface area contributed by atoms with Crippen LogP contribution in [0.2, 0.25) is 0 Å². The highest BCUT2D eigenvalue weighted by Crippen LogP contribution is 2.45. The maximum atomic E-state index is 13.8. The summed E-state index contributed by atoms with van der Waals surface area (Å²) in [6.45, 7) is 4.68. The van der Waals surface area contributed by atoms with Gasteiger partial charge in [0.05, 0.1) is 31.1 Å². The molecule has 2 N–H and O–H groups in total. The summed E-state index contributed by atoms with van der Waals surface area (Å²) in [5.41, 5.74) is 7.28. The topological polar surface area (TPSA) is 59.6 Å². The fourth-order valence-corrected chi connectivity index (χ4v) is 5.14. The van der Waals surface area contributed by atoms with Gasteiger partial charge in [0.2, 0.25) is 0 Å². The van der Waals surface area contributed by atoms with Crippen molar-refractivity contribution in [1.82, 2.24) is 0 Å². The molecule has 0 saturated heterocycles. The van der Waals surface area contributed by atoms with E-state index in [1.165, 1.54) is 5.56 Å². The molecule has 1 heterocycles. The number of hydrogen-bond acceptors (Lipinski definition) is 5. The van der Waals surface area contributed by atoms with Gasteiger partial charge in [-0.1, -0.05) is 49.4 Å². The molecular formula is C30H32N2O3. The third kappa shape index (κ3) is 4.51. The molecule has 0 unspecified atom stereocenters. The van der Waals surface area contributed by atoms with E-state index in [0.29, 0.717) is 18.8 Å². The SMILES string of the molecule is CCOc1ccc([C@H]2CC(=O)C3=C(C2)Nc2ccccc2N[C@@H]3c2ccc(CC)cc2)cc1OC. The largest absolute Gasteiger partial charge is 0.493 e. The lowest BCUT2D eigenvalue weighted by atomic mass is 9.78. The van der Waals surface area contributed by atoms with Crippen LogP contribution in [-0.4, -0.2) is 19.5 Å². The lowest BCUT2D eigenvalue weighted by molar-refractivity contribution is -0.116. The Morgan fingerprint density at radius 3 is 2.34 bits per heavy atom. The number of Topliss-reactive ketones (excluding diaryl/α,β-unsaturated/α-hetero) is 1. The van der Waals surface area contributed by atoms with Crippen LogP contribution in [-0.2, 0) is 11.2 Å². The van der Waals surface area contributed by atoms with E-state index in [0.717, 1.165) is 52.4 Å². The van der Waals surface area contributed by atoms with E-state index < -0.39 is 0 Å².